The second-order valence-corrected chi connectivity index (χ2v) is 3.81. The van der Waals surface area contributed by atoms with Crippen LogP contribution in [0.1, 0.15) is 17.0 Å². The van der Waals surface area contributed by atoms with Gasteiger partial charge in [0.1, 0.15) is 0 Å². The average Bonchev–Trinajstić information content (AvgIpc) is 2.32. The van der Waals surface area contributed by atoms with E-state index in [1.807, 2.05) is 38.1 Å². The Morgan fingerprint density at radius 1 is 1.24 bits per heavy atom. The van der Waals surface area contributed by atoms with Crippen molar-refractivity contribution in [1.82, 2.24) is 9.97 Å². The molecule has 2 aromatic rings. The molecule has 2 N–H and O–H groups in total. The van der Waals surface area contributed by atoms with Crippen molar-refractivity contribution >= 4 is 0 Å². The van der Waals surface area contributed by atoms with Crippen molar-refractivity contribution in [2.75, 3.05) is 0 Å². The summed E-state index contributed by atoms with van der Waals surface area (Å²) >= 11 is 0. The van der Waals surface area contributed by atoms with Crippen LogP contribution in [0.2, 0.25) is 0 Å². The van der Waals surface area contributed by atoms with Gasteiger partial charge in [-0.2, -0.15) is 0 Å². The van der Waals surface area contributed by atoms with Crippen molar-refractivity contribution in [2.24, 2.45) is 5.73 Å². The first-order valence-electron chi connectivity index (χ1n) is 5.47. The van der Waals surface area contributed by atoms with Gasteiger partial charge in [-0.1, -0.05) is 6.07 Å². The fourth-order valence-corrected chi connectivity index (χ4v) is 1.49. The molecule has 88 valence electrons. The average molecular weight is 229 g/mol. The van der Waals surface area contributed by atoms with E-state index in [-0.39, 0.29) is 0 Å². The summed E-state index contributed by atoms with van der Waals surface area (Å²) in [6.45, 7) is 4.22. The van der Waals surface area contributed by atoms with Gasteiger partial charge in [0, 0.05) is 24.0 Å². The molecule has 0 amide bonds. The topological polar surface area (TPSA) is 61.0 Å². The number of nitrogens with two attached hydrogens (primary N) is 1. The molecule has 2 rings (SSSR count). The van der Waals surface area contributed by atoms with Crippen LogP contribution in [0.3, 0.4) is 0 Å². The maximum Gasteiger partial charge on any atom is 0.224 e. The minimum absolute atomic E-state index is 0.405. The van der Waals surface area contributed by atoms with Gasteiger partial charge in [0.05, 0.1) is 5.69 Å². The smallest absolute Gasteiger partial charge is 0.224 e. The molecule has 4 nitrogen and oxygen atoms in total. The predicted molar refractivity (Wildman–Crippen MR) is 65.9 cm³/mol. The molecule has 4 heteroatoms. The molecule has 0 saturated heterocycles. The van der Waals surface area contributed by atoms with E-state index >= 15 is 0 Å². The lowest BCUT2D eigenvalue weighted by Crippen LogP contribution is -2.02. The summed E-state index contributed by atoms with van der Waals surface area (Å²) in [6.07, 6.45) is 1.73. The normalized spacial score (nSPS) is 10.3. The van der Waals surface area contributed by atoms with Gasteiger partial charge in [-0.25, -0.2) is 4.98 Å². The molecule has 0 radical (unpaired) electrons. The molecule has 0 aliphatic rings. The quantitative estimate of drug-likeness (QED) is 0.877. The summed E-state index contributed by atoms with van der Waals surface area (Å²) in [5, 5.41) is 0. The Morgan fingerprint density at radius 2 is 2.06 bits per heavy atom. The van der Waals surface area contributed by atoms with Crippen LogP contribution < -0.4 is 10.5 Å². The summed E-state index contributed by atoms with van der Waals surface area (Å²) in [6, 6.07) is 7.56. The molecule has 0 aromatic carbocycles. The van der Waals surface area contributed by atoms with Gasteiger partial charge in [-0.05, 0) is 32.0 Å². The van der Waals surface area contributed by atoms with Gasteiger partial charge in [0.15, 0.2) is 5.75 Å². The first kappa shape index (κ1) is 11.5. The van der Waals surface area contributed by atoms with E-state index in [1.165, 1.54) is 0 Å². The van der Waals surface area contributed by atoms with E-state index in [2.05, 4.69) is 9.97 Å². The minimum atomic E-state index is 0.405. The van der Waals surface area contributed by atoms with E-state index in [1.54, 1.807) is 6.20 Å². The molecule has 2 aromatic heterocycles. The molecule has 17 heavy (non-hydrogen) atoms. The lowest BCUT2D eigenvalue weighted by atomic mass is 10.2. The molecule has 0 unspecified atom stereocenters. The predicted octanol–water partition coefficient (Wildman–Crippen LogP) is 2.34. The van der Waals surface area contributed by atoms with Crippen molar-refractivity contribution < 1.29 is 4.74 Å². The molecule has 0 aliphatic heterocycles. The zero-order valence-electron chi connectivity index (χ0n) is 9.97. The highest BCUT2D eigenvalue weighted by Gasteiger charge is 2.07. The van der Waals surface area contributed by atoms with Crippen molar-refractivity contribution in [3.63, 3.8) is 0 Å². The molecule has 0 atom stereocenters. The van der Waals surface area contributed by atoms with Crippen LogP contribution in [0.15, 0.2) is 30.5 Å². The largest absolute Gasteiger partial charge is 0.437 e. The fraction of sp³-hybridized carbons (Fsp3) is 0.231. The highest BCUT2D eigenvalue weighted by molar-refractivity contribution is 5.35. The van der Waals surface area contributed by atoms with Crippen molar-refractivity contribution in [1.29, 1.82) is 0 Å². The van der Waals surface area contributed by atoms with Gasteiger partial charge in [0.2, 0.25) is 5.88 Å². The number of ether oxygens (including phenoxy) is 1. The second-order valence-electron chi connectivity index (χ2n) is 3.81. The summed E-state index contributed by atoms with van der Waals surface area (Å²) in [7, 11) is 0. The number of pyridine rings is 2. The zero-order chi connectivity index (χ0) is 12.3. The van der Waals surface area contributed by atoms with Crippen LogP contribution in [0.25, 0.3) is 0 Å². The maximum absolute atomic E-state index is 5.76. The lowest BCUT2D eigenvalue weighted by molar-refractivity contribution is 0.449. The number of aromatic nitrogens is 2. The first-order valence-corrected chi connectivity index (χ1v) is 5.47. The number of nitrogens with zero attached hydrogens (tertiary/aromatic N) is 2. The molecule has 0 aliphatic carbocycles. The monoisotopic (exact) mass is 229 g/mol. The molecule has 0 fully saturated rings. The van der Waals surface area contributed by atoms with Crippen LogP contribution in [0.5, 0.6) is 11.6 Å². The Hall–Kier alpha value is -1.94. The first-order chi connectivity index (χ1) is 8.20. The second kappa shape index (κ2) is 4.93. The Labute approximate surface area is 100 Å². The SMILES string of the molecule is Cc1ccc(CN)c(Oc2cccnc2C)n1. The molecule has 0 saturated carbocycles. The summed E-state index contributed by atoms with van der Waals surface area (Å²) in [4.78, 5) is 8.52. The Balaban J connectivity index is 2.35. The lowest BCUT2D eigenvalue weighted by Gasteiger charge is -2.10. The zero-order valence-corrected chi connectivity index (χ0v) is 9.97. The third-order valence-corrected chi connectivity index (χ3v) is 2.46. The summed E-state index contributed by atoms with van der Waals surface area (Å²) in [5.74, 6) is 1.27. The van der Waals surface area contributed by atoms with Gasteiger partial charge < -0.3 is 10.5 Å². The van der Waals surface area contributed by atoms with Crippen molar-refractivity contribution in [3.8, 4) is 11.6 Å². The summed E-state index contributed by atoms with van der Waals surface area (Å²) in [5.41, 5.74) is 8.28. The molecular weight excluding hydrogens is 214 g/mol. The van der Waals surface area contributed by atoms with Crippen LogP contribution in [-0.2, 0) is 6.54 Å². The molecule has 0 spiro atoms. The van der Waals surface area contributed by atoms with Crippen LogP contribution >= 0.6 is 0 Å². The number of hydrogen-bond acceptors (Lipinski definition) is 4. The molecule has 2 heterocycles. The van der Waals surface area contributed by atoms with Crippen LogP contribution in [0.4, 0.5) is 0 Å². The third kappa shape index (κ3) is 2.60. The van der Waals surface area contributed by atoms with Gasteiger partial charge in [-0.15, -0.1) is 0 Å². The molecule has 0 bridgehead atoms. The van der Waals surface area contributed by atoms with E-state index in [9.17, 15) is 0 Å². The van der Waals surface area contributed by atoms with Crippen molar-refractivity contribution in [3.05, 3.63) is 47.4 Å². The van der Waals surface area contributed by atoms with Crippen LogP contribution in [-0.4, -0.2) is 9.97 Å². The number of hydrogen-bond donors (Lipinski definition) is 1. The Morgan fingerprint density at radius 3 is 2.76 bits per heavy atom. The van der Waals surface area contributed by atoms with E-state index in [0.29, 0.717) is 18.2 Å². The van der Waals surface area contributed by atoms with Gasteiger partial charge >= 0.3 is 0 Å². The highest BCUT2D eigenvalue weighted by Crippen LogP contribution is 2.24. The number of rotatable bonds is 3. The Kier molecular flexibility index (Phi) is 3.35. The van der Waals surface area contributed by atoms with Crippen molar-refractivity contribution in [2.45, 2.75) is 20.4 Å². The standard InChI is InChI=1S/C13H15N3O/c1-9-5-6-11(8-14)13(16-9)17-12-4-3-7-15-10(12)2/h3-7H,8,14H2,1-2H3. The van der Waals surface area contributed by atoms with E-state index < -0.39 is 0 Å². The maximum atomic E-state index is 5.76. The van der Waals surface area contributed by atoms with Gasteiger partial charge in [0.25, 0.3) is 0 Å². The molecular formula is C13H15N3O. The van der Waals surface area contributed by atoms with E-state index in [0.717, 1.165) is 17.0 Å². The van der Waals surface area contributed by atoms with Crippen LogP contribution in [0, 0.1) is 13.8 Å². The highest BCUT2D eigenvalue weighted by atomic mass is 16.5. The summed E-state index contributed by atoms with van der Waals surface area (Å²) < 4.78 is 5.76. The van der Waals surface area contributed by atoms with Gasteiger partial charge in [-0.3, -0.25) is 4.98 Å². The van der Waals surface area contributed by atoms with E-state index in [4.69, 9.17) is 10.5 Å². The minimum Gasteiger partial charge on any atom is -0.437 e. The fourth-order valence-electron chi connectivity index (χ4n) is 1.49. The third-order valence-electron chi connectivity index (χ3n) is 2.46. The Bertz CT molecular complexity index is 526. The number of aryl methyl sites for hydroxylation is 2.